The van der Waals surface area contributed by atoms with Crippen molar-refractivity contribution in [3.05, 3.63) is 58.9 Å². The number of carbonyl (C=O) groups is 1. The van der Waals surface area contributed by atoms with Gasteiger partial charge >= 0.3 is 0 Å². The van der Waals surface area contributed by atoms with E-state index in [0.717, 1.165) is 23.4 Å². The van der Waals surface area contributed by atoms with Gasteiger partial charge in [-0.2, -0.15) is 0 Å². The molecule has 0 aliphatic heterocycles. The Balaban J connectivity index is 2.13. The second-order valence-corrected chi connectivity index (χ2v) is 6.03. The van der Waals surface area contributed by atoms with Crippen LogP contribution in [0.25, 0.3) is 0 Å². The molecule has 0 aliphatic carbocycles. The third-order valence-corrected chi connectivity index (χ3v) is 4.05. The van der Waals surface area contributed by atoms with Crippen LogP contribution in [0.15, 0.2) is 41.4 Å². The van der Waals surface area contributed by atoms with Gasteiger partial charge in [-0.15, -0.1) is 0 Å². The minimum absolute atomic E-state index is 0.0440. The van der Waals surface area contributed by atoms with E-state index in [9.17, 15) is 9.18 Å². The minimum Gasteiger partial charge on any atom is -0.375 e. The summed E-state index contributed by atoms with van der Waals surface area (Å²) in [6, 6.07) is 10.1. The highest BCUT2D eigenvalue weighted by molar-refractivity contribution is 6.00. The average Bonchev–Trinajstić information content (AvgIpc) is 2.60. The molecule has 132 valence electrons. The number of halogens is 1. The first-order valence-electron chi connectivity index (χ1n) is 8.29. The van der Waals surface area contributed by atoms with Crippen LogP contribution >= 0.6 is 0 Å². The number of anilines is 1. The zero-order chi connectivity index (χ0) is 18.4. The van der Waals surface area contributed by atoms with Crippen molar-refractivity contribution in [3.8, 4) is 0 Å². The number of rotatable bonds is 7. The standard InChI is InChI=1S/C20H24FN3O/c1-5-24(4)13-23-19-11-14(2)16(10-15(19)3)20(25)12-22-18-9-7-6-8-17(18)21/h6-11,13,22H,5,12H2,1-4H3. The summed E-state index contributed by atoms with van der Waals surface area (Å²) in [4.78, 5) is 18.9. The molecular formula is C20H24FN3O. The van der Waals surface area contributed by atoms with Crippen LogP contribution in [-0.2, 0) is 0 Å². The zero-order valence-electron chi connectivity index (χ0n) is 15.1. The largest absolute Gasteiger partial charge is 0.375 e. The molecule has 0 fully saturated rings. The summed E-state index contributed by atoms with van der Waals surface area (Å²) >= 11 is 0. The summed E-state index contributed by atoms with van der Waals surface area (Å²) in [6.07, 6.45) is 1.78. The van der Waals surface area contributed by atoms with E-state index < -0.39 is 0 Å². The third-order valence-electron chi connectivity index (χ3n) is 4.05. The van der Waals surface area contributed by atoms with Crippen molar-refractivity contribution < 1.29 is 9.18 Å². The van der Waals surface area contributed by atoms with Crippen molar-refractivity contribution >= 4 is 23.5 Å². The Hall–Kier alpha value is -2.69. The Kier molecular flexibility index (Phi) is 6.28. The summed E-state index contributed by atoms with van der Waals surface area (Å²) in [7, 11) is 1.96. The molecule has 2 aromatic carbocycles. The third kappa shape index (κ3) is 4.89. The molecular weight excluding hydrogens is 317 g/mol. The van der Waals surface area contributed by atoms with Gasteiger partial charge in [-0.3, -0.25) is 4.79 Å². The van der Waals surface area contributed by atoms with Crippen molar-refractivity contribution in [1.82, 2.24) is 4.90 Å². The Morgan fingerprint density at radius 2 is 1.96 bits per heavy atom. The van der Waals surface area contributed by atoms with E-state index in [1.807, 2.05) is 37.9 Å². The lowest BCUT2D eigenvalue weighted by Crippen LogP contribution is -2.16. The molecule has 2 rings (SSSR count). The zero-order valence-corrected chi connectivity index (χ0v) is 15.1. The normalized spacial score (nSPS) is 10.9. The molecule has 0 radical (unpaired) electrons. The smallest absolute Gasteiger partial charge is 0.182 e. The van der Waals surface area contributed by atoms with Crippen LogP contribution in [0.2, 0.25) is 0 Å². The molecule has 2 aromatic rings. The number of para-hydroxylation sites is 1. The molecule has 0 unspecified atom stereocenters. The molecule has 5 heteroatoms. The van der Waals surface area contributed by atoms with E-state index in [1.54, 1.807) is 24.5 Å². The highest BCUT2D eigenvalue weighted by Gasteiger charge is 2.12. The fourth-order valence-corrected chi connectivity index (χ4v) is 2.36. The van der Waals surface area contributed by atoms with E-state index in [-0.39, 0.29) is 18.1 Å². The van der Waals surface area contributed by atoms with Crippen LogP contribution in [0, 0.1) is 19.7 Å². The second kappa shape index (κ2) is 8.42. The van der Waals surface area contributed by atoms with Gasteiger partial charge in [-0.05, 0) is 56.2 Å². The first-order chi connectivity index (χ1) is 11.9. The molecule has 0 heterocycles. The predicted molar refractivity (Wildman–Crippen MR) is 102 cm³/mol. The number of nitrogens with zero attached hydrogens (tertiary/aromatic N) is 2. The second-order valence-electron chi connectivity index (χ2n) is 6.03. The molecule has 1 N–H and O–H groups in total. The fourth-order valence-electron chi connectivity index (χ4n) is 2.36. The number of ketones is 1. The maximum absolute atomic E-state index is 13.6. The van der Waals surface area contributed by atoms with Gasteiger partial charge in [0.2, 0.25) is 0 Å². The lowest BCUT2D eigenvalue weighted by Gasteiger charge is -2.12. The summed E-state index contributed by atoms with van der Waals surface area (Å²) in [5, 5.41) is 2.86. The number of nitrogens with one attached hydrogen (secondary N) is 1. The first-order valence-corrected chi connectivity index (χ1v) is 8.29. The molecule has 0 atom stereocenters. The van der Waals surface area contributed by atoms with Crippen LogP contribution in [0.1, 0.15) is 28.4 Å². The maximum Gasteiger partial charge on any atom is 0.182 e. The molecule has 0 saturated heterocycles. The van der Waals surface area contributed by atoms with Crippen molar-refractivity contribution in [1.29, 1.82) is 0 Å². The Morgan fingerprint density at radius 1 is 1.24 bits per heavy atom. The SMILES string of the molecule is CCN(C)C=Nc1cc(C)c(C(=O)CNc2ccccc2F)cc1C. The van der Waals surface area contributed by atoms with Crippen molar-refractivity contribution in [2.24, 2.45) is 4.99 Å². The van der Waals surface area contributed by atoms with Crippen LogP contribution in [0.4, 0.5) is 15.8 Å². The number of hydrogen-bond donors (Lipinski definition) is 1. The van der Waals surface area contributed by atoms with Gasteiger partial charge in [-0.25, -0.2) is 9.38 Å². The minimum atomic E-state index is -0.368. The van der Waals surface area contributed by atoms with Crippen LogP contribution in [0.5, 0.6) is 0 Å². The van der Waals surface area contributed by atoms with Gasteiger partial charge in [0, 0.05) is 19.2 Å². The van der Waals surface area contributed by atoms with Gasteiger partial charge in [0.1, 0.15) is 5.82 Å². The van der Waals surface area contributed by atoms with Crippen molar-refractivity contribution in [3.63, 3.8) is 0 Å². The van der Waals surface area contributed by atoms with Crippen LogP contribution < -0.4 is 5.32 Å². The average molecular weight is 341 g/mol. The number of aryl methyl sites for hydroxylation is 2. The number of Topliss-reactive ketones (excluding diaryl/α,β-unsaturated/α-hetero) is 1. The molecule has 0 saturated carbocycles. The Labute approximate surface area is 148 Å². The van der Waals surface area contributed by atoms with E-state index in [1.165, 1.54) is 6.07 Å². The van der Waals surface area contributed by atoms with E-state index in [0.29, 0.717) is 11.3 Å². The monoisotopic (exact) mass is 341 g/mol. The van der Waals surface area contributed by atoms with Gasteiger partial charge in [0.25, 0.3) is 0 Å². The van der Waals surface area contributed by atoms with E-state index >= 15 is 0 Å². The lowest BCUT2D eigenvalue weighted by molar-refractivity contribution is 0.101. The highest BCUT2D eigenvalue weighted by Crippen LogP contribution is 2.24. The van der Waals surface area contributed by atoms with Crippen molar-refractivity contribution in [2.45, 2.75) is 20.8 Å². The quantitative estimate of drug-likeness (QED) is 0.463. The summed E-state index contributed by atoms with van der Waals surface area (Å²) < 4.78 is 13.6. The predicted octanol–water partition coefficient (Wildman–Crippen LogP) is 4.35. The summed E-state index contributed by atoms with van der Waals surface area (Å²) in [5.41, 5.74) is 3.59. The summed E-state index contributed by atoms with van der Waals surface area (Å²) in [5.74, 6) is -0.446. The molecule has 4 nitrogen and oxygen atoms in total. The number of hydrogen-bond acceptors (Lipinski definition) is 3. The first kappa shape index (κ1) is 18.6. The topological polar surface area (TPSA) is 44.7 Å². The molecule has 0 bridgehead atoms. The Morgan fingerprint density at radius 3 is 2.64 bits per heavy atom. The van der Waals surface area contributed by atoms with Gasteiger partial charge in [-0.1, -0.05) is 12.1 Å². The summed E-state index contributed by atoms with van der Waals surface area (Å²) in [6.45, 7) is 6.79. The number of aliphatic imine (C=N–C) groups is 1. The van der Waals surface area contributed by atoms with Gasteiger partial charge < -0.3 is 10.2 Å². The molecule has 0 aromatic heterocycles. The van der Waals surface area contributed by atoms with Gasteiger partial charge in [0.05, 0.1) is 24.3 Å². The number of benzene rings is 2. The molecule has 25 heavy (non-hydrogen) atoms. The van der Waals surface area contributed by atoms with Crippen LogP contribution in [0.3, 0.4) is 0 Å². The number of carbonyl (C=O) groups excluding carboxylic acids is 1. The molecule has 0 spiro atoms. The highest BCUT2D eigenvalue weighted by atomic mass is 19.1. The van der Waals surface area contributed by atoms with E-state index in [2.05, 4.69) is 17.2 Å². The maximum atomic E-state index is 13.6. The lowest BCUT2D eigenvalue weighted by atomic mass is 10.0. The fraction of sp³-hybridized carbons (Fsp3) is 0.300. The molecule has 0 aliphatic rings. The van der Waals surface area contributed by atoms with Crippen LogP contribution in [-0.4, -0.2) is 37.2 Å². The van der Waals surface area contributed by atoms with Gasteiger partial charge in [0.15, 0.2) is 5.78 Å². The van der Waals surface area contributed by atoms with Crippen molar-refractivity contribution in [2.75, 3.05) is 25.5 Å². The Bertz CT molecular complexity index is 787. The molecule has 0 amide bonds. The van der Waals surface area contributed by atoms with E-state index in [4.69, 9.17) is 0 Å².